The maximum Gasteiger partial charge on any atom is 0.254 e. The first-order valence-electron chi connectivity index (χ1n) is 5.91. The summed E-state index contributed by atoms with van der Waals surface area (Å²) in [6.07, 6.45) is 1.55. The summed E-state index contributed by atoms with van der Waals surface area (Å²) in [7, 11) is 3.41. The highest BCUT2D eigenvalue weighted by Crippen LogP contribution is 2.18. The van der Waals surface area contributed by atoms with E-state index in [9.17, 15) is 4.79 Å². The molecule has 0 spiro atoms. The first kappa shape index (κ1) is 13.1. The van der Waals surface area contributed by atoms with E-state index in [2.05, 4.69) is 10.1 Å². The Bertz CT molecular complexity index is 613. The Morgan fingerprint density at radius 3 is 2.42 bits per heavy atom. The van der Waals surface area contributed by atoms with Gasteiger partial charge in [-0.3, -0.25) is 4.79 Å². The summed E-state index contributed by atoms with van der Waals surface area (Å²) in [6, 6.07) is 3.49. The summed E-state index contributed by atoms with van der Waals surface area (Å²) in [6.45, 7) is 3.73. The van der Waals surface area contributed by atoms with Crippen molar-refractivity contribution in [1.29, 1.82) is 0 Å². The van der Waals surface area contributed by atoms with Crippen molar-refractivity contribution in [3.8, 4) is 5.82 Å². The topological polar surface area (TPSA) is 77.0 Å². The summed E-state index contributed by atoms with van der Waals surface area (Å²) < 4.78 is 1.68. The van der Waals surface area contributed by atoms with Crippen LogP contribution >= 0.6 is 0 Å². The van der Waals surface area contributed by atoms with Gasteiger partial charge in [0.25, 0.3) is 5.91 Å². The maximum atomic E-state index is 11.8. The minimum absolute atomic E-state index is 0.0769. The summed E-state index contributed by atoms with van der Waals surface area (Å²) in [5.41, 5.74) is 8.71. The van der Waals surface area contributed by atoms with Gasteiger partial charge in [0.2, 0.25) is 0 Å². The predicted molar refractivity (Wildman–Crippen MR) is 73.3 cm³/mol. The van der Waals surface area contributed by atoms with Crippen LogP contribution in [0.5, 0.6) is 0 Å². The highest BCUT2D eigenvalue weighted by atomic mass is 16.2. The van der Waals surface area contributed by atoms with E-state index in [4.69, 9.17) is 5.73 Å². The average Bonchev–Trinajstić information content (AvgIpc) is 2.66. The Labute approximate surface area is 111 Å². The van der Waals surface area contributed by atoms with Crippen LogP contribution in [0.1, 0.15) is 21.7 Å². The van der Waals surface area contributed by atoms with Gasteiger partial charge in [-0.1, -0.05) is 0 Å². The van der Waals surface area contributed by atoms with Gasteiger partial charge in [0.1, 0.15) is 0 Å². The van der Waals surface area contributed by atoms with E-state index < -0.39 is 0 Å². The van der Waals surface area contributed by atoms with Crippen LogP contribution in [0.2, 0.25) is 0 Å². The van der Waals surface area contributed by atoms with Crippen molar-refractivity contribution in [2.24, 2.45) is 0 Å². The predicted octanol–water partition coefficient (Wildman–Crippen LogP) is 1.17. The van der Waals surface area contributed by atoms with Crippen LogP contribution < -0.4 is 5.73 Å². The normalized spacial score (nSPS) is 10.5. The van der Waals surface area contributed by atoms with E-state index in [0.717, 1.165) is 11.4 Å². The van der Waals surface area contributed by atoms with Crippen molar-refractivity contribution in [3.63, 3.8) is 0 Å². The lowest BCUT2D eigenvalue weighted by atomic mass is 10.2. The van der Waals surface area contributed by atoms with Gasteiger partial charge < -0.3 is 10.6 Å². The third-order valence-corrected chi connectivity index (χ3v) is 2.97. The van der Waals surface area contributed by atoms with Gasteiger partial charge in [-0.05, 0) is 26.0 Å². The Balaban J connectivity index is 2.38. The Morgan fingerprint density at radius 2 is 2.00 bits per heavy atom. The van der Waals surface area contributed by atoms with E-state index in [1.54, 1.807) is 37.1 Å². The minimum atomic E-state index is -0.0769. The zero-order valence-corrected chi connectivity index (χ0v) is 11.5. The number of hydrogen-bond acceptors (Lipinski definition) is 4. The van der Waals surface area contributed by atoms with Crippen molar-refractivity contribution in [3.05, 3.63) is 35.3 Å². The number of anilines is 1. The molecule has 0 aliphatic carbocycles. The summed E-state index contributed by atoms with van der Waals surface area (Å²) >= 11 is 0. The number of nitrogens with zero attached hydrogens (tertiary/aromatic N) is 4. The molecule has 6 nitrogen and oxygen atoms in total. The number of rotatable bonds is 2. The van der Waals surface area contributed by atoms with Crippen LogP contribution in [-0.4, -0.2) is 39.7 Å². The highest BCUT2D eigenvalue weighted by Gasteiger charge is 2.12. The van der Waals surface area contributed by atoms with E-state index in [1.807, 2.05) is 13.8 Å². The van der Waals surface area contributed by atoms with E-state index in [1.165, 1.54) is 4.90 Å². The quantitative estimate of drug-likeness (QED) is 0.878. The number of aryl methyl sites for hydroxylation is 1. The molecule has 0 saturated heterocycles. The molecule has 1 amide bonds. The van der Waals surface area contributed by atoms with Gasteiger partial charge in [-0.25, -0.2) is 9.67 Å². The number of nitrogen functional groups attached to an aromatic ring is 1. The second kappa shape index (κ2) is 4.72. The Hall–Kier alpha value is -2.37. The lowest BCUT2D eigenvalue weighted by molar-refractivity contribution is 0.0827. The van der Waals surface area contributed by atoms with Crippen molar-refractivity contribution in [1.82, 2.24) is 19.7 Å². The van der Waals surface area contributed by atoms with Gasteiger partial charge in [0.15, 0.2) is 5.82 Å². The van der Waals surface area contributed by atoms with Gasteiger partial charge in [0.05, 0.1) is 22.6 Å². The second-order valence-corrected chi connectivity index (χ2v) is 4.60. The molecule has 0 fully saturated rings. The number of carbonyl (C=O) groups excluding carboxylic acids is 1. The number of amides is 1. The maximum absolute atomic E-state index is 11.8. The molecule has 0 radical (unpaired) electrons. The molecule has 2 rings (SSSR count). The van der Waals surface area contributed by atoms with Gasteiger partial charge in [0, 0.05) is 20.3 Å². The number of nitrogens with two attached hydrogens (primary N) is 1. The van der Waals surface area contributed by atoms with Gasteiger partial charge in [-0.15, -0.1) is 0 Å². The number of carbonyl (C=O) groups is 1. The molecule has 6 heteroatoms. The SMILES string of the molecule is Cc1nn(-c2ccc(C(=O)N(C)C)cn2)c(C)c1N. The largest absolute Gasteiger partial charge is 0.396 e. The standard InChI is InChI=1S/C13H17N5O/c1-8-12(14)9(2)18(16-8)11-6-5-10(7-15-11)13(19)17(3)4/h5-7H,14H2,1-4H3. The van der Waals surface area contributed by atoms with Crippen molar-refractivity contribution in [2.75, 3.05) is 19.8 Å². The van der Waals surface area contributed by atoms with Crippen molar-refractivity contribution >= 4 is 11.6 Å². The molecule has 19 heavy (non-hydrogen) atoms. The van der Waals surface area contributed by atoms with Crippen LogP contribution in [0, 0.1) is 13.8 Å². The van der Waals surface area contributed by atoms with Crippen LogP contribution in [0.15, 0.2) is 18.3 Å². The Kier molecular flexibility index (Phi) is 3.25. The van der Waals surface area contributed by atoms with Crippen molar-refractivity contribution < 1.29 is 4.79 Å². The van der Waals surface area contributed by atoms with Crippen LogP contribution in [0.25, 0.3) is 5.82 Å². The van der Waals surface area contributed by atoms with Gasteiger partial charge in [-0.2, -0.15) is 5.10 Å². The summed E-state index contributed by atoms with van der Waals surface area (Å²) in [5.74, 6) is 0.569. The third-order valence-electron chi connectivity index (χ3n) is 2.97. The lowest BCUT2D eigenvalue weighted by Gasteiger charge is -2.10. The van der Waals surface area contributed by atoms with Crippen molar-refractivity contribution in [2.45, 2.75) is 13.8 Å². The molecule has 0 bridgehead atoms. The van der Waals surface area contributed by atoms with E-state index in [0.29, 0.717) is 17.1 Å². The summed E-state index contributed by atoms with van der Waals surface area (Å²) in [5, 5.41) is 4.32. The van der Waals surface area contributed by atoms with Gasteiger partial charge >= 0.3 is 0 Å². The highest BCUT2D eigenvalue weighted by molar-refractivity contribution is 5.93. The molecule has 100 valence electrons. The van der Waals surface area contributed by atoms with Crippen LogP contribution in [0.3, 0.4) is 0 Å². The fourth-order valence-electron chi connectivity index (χ4n) is 1.77. The number of hydrogen-bond donors (Lipinski definition) is 1. The third kappa shape index (κ3) is 2.29. The summed E-state index contributed by atoms with van der Waals surface area (Å²) in [4.78, 5) is 17.5. The molecule has 0 atom stereocenters. The minimum Gasteiger partial charge on any atom is -0.396 e. The fraction of sp³-hybridized carbons (Fsp3) is 0.308. The fourth-order valence-corrected chi connectivity index (χ4v) is 1.77. The zero-order chi connectivity index (χ0) is 14.2. The average molecular weight is 259 g/mol. The molecule has 2 N–H and O–H groups in total. The molecule has 0 saturated carbocycles. The smallest absolute Gasteiger partial charge is 0.254 e. The van der Waals surface area contributed by atoms with E-state index in [-0.39, 0.29) is 5.91 Å². The zero-order valence-electron chi connectivity index (χ0n) is 11.5. The van der Waals surface area contributed by atoms with E-state index >= 15 is 0 Å². The first-order valence-corrected chi connectivity index (χ1v) is 5.91. The molecule has 0 aliphatic rings. The molecular formula is C13H17N5O. The molecule has 0 aromatic carbocycles. The second-order valence-electron chi connectivity index (χ2n) is 4.60. The molecule has 2 aromatic heterocycles. The number of aromatic nitrogens is 3. The molecule has 0 unspecified atom stereocenters. The van der Waals surface area contributed by atoms with Crippen LogP contribution in [-0.2, 0) is 0 Å². The molecular weight excluding hydrogens is 242 g/mol. The lowest BCUT2D eigenvalue weighted by Crippen LogP contribution is -2.21. The number of pyridine rings is 1. The van der Waals surface area contributed by atoms with Crippen LogP contribution in [0.4, 0.5) is 5.69 Å². The molecule has 2 aromatic rings. The Morgan fingerprint density at radius 1 is 1.32 bits per heavy atom. The monoisotopic (exact) mass is 259 g/mol. The first-order chi connectivity index (χ1) is 8.91. The molecule has 2 heterocycles. The molecule has 0 aliphatic heterocycles.